The summed E-state index contributed by atoms with van der Waals surface area (Å²) in [6.07, 6.45) is 0.705. The van der Waals surface area contributed by atoms with Crippen molar-refractivity contribution >= 4 is 15.7 Å². The summed E-state index contributed by atoms with van der Waals surface area (Å²) in [6.45, 7) is 0.561. The van der Waals surface area contributed by atoms with E-state index in [0.717, 1.165) is 5.56 Å². The Labute approximate surface area is 94.9 Å². The number of hydrogen-bond acceptors (Lipinski definition) is 4. The van der Waals surface area contributed by atoms with Crippen LogP contribution in [0.15, 0.2) is 17.0 Å². The van der Waals surface area contributed by atoms with E-state index < -0.39 is 10.0 Å². The van der Waals surface area contributed by atoms with Gasteiger partial charge in [-0.2, -0.15) is 0 Å². The molecule has 6 heteroatoms. The van der Waals surface area contributed by atoms with Crippen molar-refractivity contribution in [1.29, 1.82) is 0 Å². The van der Waals surface area contributed by atoms with Crippen LogP contribution in [-0.2, 0) is 16.4 Å². The van der Waals surface area contributed by atoms with Gasteiger partial charge in [0.05, 0.1) is 17.2 Å². The second-order valence-electron chi connectivity index (χ2n) is 3.89. The molecule has 16 heavy (non-hydrogen) atoms. The summed E-state index contributed by atoms with van der Waals surface area (Å²) in [5.41, 5.74) is 7.01. The molecule has 0 aliphatic carbocycles. The standard InChI is InChI=1S/C10H14N2O3S/c1-12(2)16(13,14)8-5-7-3-4-15-10(7)9(11)6-8/h5-6H,3-4,11H2,1-2H3. The smallest absolute Gasteiger partial charge is 0.242 e. The van der Waals surface area contributed by atoms with Gasteiger partial charge in [-0.1, -0.05) is 0 Å². The Hall–Kier alpha value is -1.27. The monoisotopic (exact) mass is 242 g/mol. The van der Waals surface area contributed by atoms with Crippen LogP contribution in [0.4, 0.5) is 5.69 Å². The quantitative estimate of drug-likeness (QED) is 0.764. The molecule has 1 heterocycles. The molecule has 0 radical (unpaired) electrons. The van der Waals surface area contributed by atoms with Crippen molar-refractivity contribution in [3.05, 3.63) is 17.7 Å². The largest absolute Gasteiger partial charge is 0.491 e. The lowest BCUT2D eigenvalue weighted by Gasteiger charge is -2.13. The van der Waals surface area contributed by atoms with Gasteiger partial charge in [0.15, 0.2) is 0 Å². The fourth-order valence-electron chi connectivity index (χ4n) is 1.67. The summed E-state index contributed by atoms with van der Waals surface area (Å²) in [6, 6.07) is 3.08. The van der Waals surface area contributed by atoms with E-state index in [-0.39, 0.29) is 4.90 Å². The molecule has 0 unspecified atom stereocenters. The Bertz CT molecular complexity index is 523. The highest BCUT2D eigenvalue weighted by Gasteiger charge is 2.23. The number of nitrogens with zero attached hydrogens (tertiary/aromatic N) is 1. The molecule has 1 aromatic carbocycles. The predicted molar refractivity (Wildman–Crippen MR) is 60.9 cm³/mol. The summed E-state index contributed by atoms with van der Waals surface area (Å²) in [4.78, 5) is 0.222. The Morgan fingerprint density at radius 1 is 1.38 bits per heavy atom. The molecule has 0 saturated heterocycles. The first-order chi connectivity index (χ1) is 7.43. The second-order valence-corrected chi connectivity index (χ2v) is 6.04. The second kappa shape index (κ2) is 3.64. The van der Waals surface area contributed by atoms with E-state index in [4.69, 9.17) is 10.5 Å². The number of benzene rings is 1. The third kappa shape index (κ3) is 1.64. The maximum absolute atomic E-state index is 11.9. The molecule has 1 aromatic rings. The van der Waals surface area contributed by atoms with Gasteiger partial charge in [-0.05, 0) is 12.1 Å². The number of hydrogen-bond donors (Lipinski definition) is 1. The van der Waals surface area contributed by atoms with Gasteiger partial charge in [0.1, 0.15) is 5.75 Å². The van der Waals surface area contributed by atoms with Gasteiger partial charge in [0.2, 0.25) is 10.0 Å². The van der Waals surface area contributed by atoms with Gasteiger partial charge in [0.25, 0.3) is 0 Å². The maximum Gasteiger partial charge on any atom is 0.242 e. The van der Waals surface area contributed by atoms with Crippen LogP contribution in [0.3, 0.4) is 0 Å². The number of nitrogen functional groups attached to an aromatic ring is 1. The Kier molecular flexibility index (Phi) is 2.55. The molecule has 0 bridgehead atoms. The first kappa shape index (κ1) is 11.2. The summed E-state index contributed by atoms with van der Waals surface area (Å²) in [5.74, 6) is 0.623. The molecule has 0 atom stereocenters. The van der Waals surface area contributed by atoms with Gasteiger partial charge in [-0.3, -0.25) is 0 Å². The average Bonchev–Trinajstić information content (AvgIpc) is 2.65. The molecule has 88 valence electrons. The summed E-state index contributed by atoms with van der Waals surface area (Å²) < 4.78 is 30.3. The van der Waals surface area contributed by atoms with Gasteiger partial charge in [0, 0.05) is 26.1 Å². The molecule has 5 nitrogen and oxygen atoms in total. The minimum Gasteiger partial charge on any atom is -0.491 e. The molecule has 1 aliphatic rings. The third-order valence-electron chi connectivity index (χ3n) is 2.56. The van der Waals surface area contributed by atoms with Crippen LogP contribution in [-0.4, -0.2) is 33.4 Å². The molecule has 0 amide bonds. The zero-order valence-electron chi connectivity index (χ0n) is 9.23. The zero-order chi connectivity index (χ0) is 11.9. The van der Waals surface area contributed by atoms with E-state index in [1.54, 1.807) is 6.07 Å². The number of ether oxygens (including phenoxy) is 1. The SMILES string of the molecule is CN(C)S(=O)(=O)c1cc(N)c2c(c1)CCO2. The normalized spacial score (nSPS) is 14.9. The maximum atomic E-state index is 11.9. The van der Waals surface area contributed by atoms with Crippen LogP contribution in [0.2, 0.25) is 0 Å². The fraction of sp³-hybridized carbons (Fsp3) is 0.400. The number of fused-ring (bicyclic) bond motifs is 1. The Balaban J connectivity index is 2.57. The van der Waals surface area contributed by atoms with E-state index in [1.807, 2.05) is 0 Å². The fourth-order valence-corrected chi connectivity index (χ4v) is 2.66. The van der Waals surface area contributed by atoms with E-state index in [0.29, 0.717) is 24.5 Å². The van der Waals surface area contributed by atoms with Gasteiger partial charge < -0.3 is 10.5 Å². The van der Waals surface area contributed by atoms with Gasteiger partial charge >= 0.3 is 0 Å². The van der Waals surface area contributed by atoms with Crippen LogP contribution >= 0.6 is 0 Å². The van der Waals surface area contributed by atoms with Crippen molar-refractivity contribution in [2.24, 2.45) is 0 Å². The van der Waals surface area contributed by atoms with Crippen molar-refractivity contribution in [3.63, 3.8) is 0 Å². The van der Waals surface area contributed by atoms with Gasteiger partial charge in [-0.25, -0.2) is 12.7 Å². The highest BCUT2D eigenvalue weighted by Crippen LogP contribution is 2.34. The molecule has 1 aliphatic heterocycles. The van der Waals surface area contributed by atoms with Crippen LogP contribution in [0.1, 0.15) is 5.56 Å². The Morgan fingerprint density at radius 2 is 2.06 bits per heavy atom. The van der Waals surface area contributed by atoms with Crippen molar-refractivity contribution in [3.8, 4) is 5.75 Å². The first-order valence-corrected chi connectivity index (χ1v) is 6.34. The van der Waals surface area contributed by atoms with Crippen molar-refractivity contribution in [1.82, 2.24) is 4.31 Å². The van der Waals surface area contributed by atoms with Crippen molar-refractivity contribution in [2.45, 2.75) is 11.3 Å². The summed E-state index contributed by atoms with van der Waals surface area (Å²) in [7, 11) is -0.433. The molecule has 0 fully saturated rings. The molecule has 2 rings (SSSR count). The molecule has 0 spiro atoms. The molecular formula is C10H14N2O3S. The van der Waals surface area contributed by atoms with Crippen LogP contribution < -0.4 is 10.5 Å². The Morgan fingerprint density at radius 3 is 2.69 bits per heavy atom. The summed E-state index contributed by atoms with van der Waals surface area (Å²) in [5, 5.41) is 0. The molecule has 2 N–H and O–H groups in total. The van der Waals surface area contributed by atoms with Crippen molar-refractivity contribution in [2.75, 3.05) is 26.4 Å². The topological polar surface area (TPSA) is 72.6 Å². The molecular weight excluding hydrogens is 228 g/mol. The van der Waals surface area contributed by atoms with Gasteiger partial charge in [-0.15, -0.1) is 0 Å². The van der Waals surface area contributed by atoms with Crippen molar-refractivity contribution < 1.29 is 13.2 Å². The minimum absolute atomic E-state index is 0.222. The van der Waals surface area contributed by atoms with Crippen LogP contribution in [0, 0.1) is 0 Å². The van der Waals surface area contributed by atoms with E-state index in [1.165, 1.54) is 24.5 Å². The predicted octanol–water partition coefficient (Wildman–Crippen LogP) is 0.454. The minimum atomic E-state index is -3.42. The molecule has 0 saturated carbocycles. The number of anilines is 1. The van der Waals surface area contributed by atoms with Crippen LogP contribution in [0.5, 0.6) is 5.75 Å². The van der Waals surface area contributed by atoms with E-state index in [2.05, 4.69) is 0 Å². The highest BCUT2D eigenvalue weighted by atomic mass is 32.2. The average molecular weight is 242 g/mol. The number of nitrogens with two attached hydrogens (primary N) is 1. The molecule has 0 aromatic heterocycles. The highest BCUT2D eigenvalue weighted by molar-refractivity contribution is 7.89. The first-order valence-electron chi connectivity index (χ1n) is 4.90. The van der Waals surface area contributed by atoms with E-state index in [9.17, 15) is 8.42 Å². The van der Waals surface area contributed by atoms with E-state index >= 15 is 0 Å². The van der Waals surface area contributed by atoms with Crippen LogP contribution in [0.25, 0.3) is 0 Å². The summed E-state index contributed by atoms with van der Waals surface area (Å²) >= 11 is 0. The zero-order valence-corrected chi connectivity index (χ0v) is 10.0. The lowest BCUT2D eigenvalue weighted by molar-refractivity contribution is 0.358. The lowest BCUT2D eigenvalue weighted by atomic mass is 10.1. The third-order valence-corrected chi connectivity index (χ3v) is 4.36. The number of rotatable bonds is 2. The lowest BCUT2D eigenvalue weighted by Crippen LogP contribution is -2.22. The number of sulfonamides is 1.